The molecule has 6 nitrogen and oxygen atoms in total. The Balaban J connectivity index is 2.36. The highest BCUT2D eigenvalue weighted by Crippen LogP contribution is 2.30. The van der Waals surface area contributed by atoms with E-state index in [9.17, 15) is 10.1 Å². The number of pyridine rings is 1. The van der Waals surface area contributed by atoms with Gasteiger partial charge >= 0.3 is 0 Å². The summed E-state index contributed by atoms with van der Waals surface area (Å²) in [6.45, 7) is 7.73. The number of rotatable bonds is 3. The van der Waals surface area contributed by atoms with E-state index in [1.807, 2.05) is 30.3 Å². The van der Waals surface area contributed by atoms with Gasteiger partial charge < -0.3 is 15.8 Å². The summed E-state index contributed by atoms with van der Waals surface area (Å²) in [6, 6.07) is 10.9. The standard InChI is InChI=1S/C18H20N4O2/c1-11(23)21-16-9-15(20)14(10-19)17(22-16)24-13-7-5-12(6-8-13)18(2,3)4/h5-9H,1-4H3,(H3,20,21,22,23). The van der Waals surface area contributed by atoms with Gasteiger partial charge in [-0.1, -0.05) is 32.9 Å². The first-order valence-corrected chi connectivity index (χ1v) is 7.47. The molecule has 24 heavy (non-hydrogen) atoms. The molecule has 0 saturated carbocycles. The van der Waals surface area contributed by atoms with Gasteiger partial charge in [0.2, 0.25) is 11.8 Å². The second-order valence-corrected chi connectivity index (χ2v) is 6.45. The Labute approximate surface area is 141 Å². The fourth-order valence-electron chi connectivity index (χ4n) is 2.11. The number of nitrogens with one attached hydrogen (secondary N) is 1. The predicted octanol–water partition coefficient (Wildman–Crippen LogP) is 3.58. The van der Waals surface area contributed by atoms with Crippen molar-refractivity contribution in [1.82, 2.24) is 4.98 Å². The van der Waals surface area contributed by atoms with E-state index in [0.29, 0.717) is 5.75 Å². The Morgan fingerprint density at radius 2 is 1.92 bits per heavy atom. The number of ether oxygens (including phenoxy) is 1. The summed E-state index contributed by atoms with van der Waals surface area (Å²) in [7, 11) is 0. The lowest BCUT2D eigenvalue weighted by Gasteiger charge is -2.19. The summed E-state index contributed by atoms with van der Waals surface area (Å²) in [4.78, 5) is 15.3. The minimum atomic E-state index is -0.285. The highest BCUT2D eigenvalue weighted by molar-refractivity contribution is 5.88. The number of anilines is 2. The van der Waals surface area contributed by atoms with Gasteiger partial charge in [0, 0.05) is 13.0 Å². The molecule has 0 radical (unpaired) electrons. The molecule has 124 valence electrons. The molecule has 0 bridgehead atoms. The van der Waals surface area contributed by atoms with Crippen molar-refractivity contribution < 1.29 is 9.53 Å². The summed E-state index contributed by atoms with van der Waals surface area (Å²) >= 11 is 0. The van der Waals surface area contributed by atoms with Gasteiger partial charge in [0.15, 0.2) is 0 Å². The fraction of sp³-hybridized carbons (Fsp3) is 0.278. The number of aromatic nitrogens is 1. The Kier molecular flexibility index (Phi) is 4.74. The number of hydrogen-bond donors (Lipinski definition) is 2. The third-order valence-electron chi connectivity index (χ3n) is 3.37. The van der Waals surface area contributed by atoms with Gasteiger partial charge in [-0.25, -0.2) is 0 Å². The maximum atomic E-state index is 11.2. The molecule has 1 aromatic carbocycles. The lowest BCUT2D eigenvalue weighted by molar-refractivity contribution is -0.114. The van der Waals surface area contributed by atoms with Crippen LogP contribution >= 0.6 is 0 Å². The number of carbonyl (C=O) groups is 1. The van der Waals surface area contributed by atoms with Crippen molar-refractivity contribution in [3.8, 4) is 17.7 Å². The molecule has 2 rings (SSSR count). The number of hydrogen-bond acceptors (Lipinski definition) is 5. The monoisotopic (exact) mass is 324 g/mol. The second kappa shape index (κ2) is 6.59. The van der Waals surface area contributed by atoms with E-state index in [4.69, 9.17) is 10.5 Å². The van der Waals surface area contributed by atoms with Gasteiger partial charge in [0.1, 0.15) is 23.2 Å². The summed E-state index contributed by atoms with van der Waals surface area (Å²) in [5, 5.41) is 11.8. The zero-order valence-electron chi connectivity index (χ0n) is 14.2. The quantitative estimate of drug-likeness (QED) is 0.898. The molecule has 0 aliphatic heterocycles. The van der Waals surface area contributed by atoms with Crippen LogP contribution in [-0.4, -0.2) is 10.9 Å². The molecule has 0 saturated heterocycles. The van der Waals surface area contributed by atoms with E-state index < -0.39 is 0 Å². The van der Waals surface area contributed by atoms with Crippen LogP contribution in [0.3, 0.4) is 0 Å². The zero-order chi connectivity index (χ0) is 17.9. The molecule has 0 spiro atoms. The van der Waals surface area contributed by atoms with Crippen LogP contribution in [0.4, 0.5) is 11.5 Å². The van der Waals surface area contributed by atoms with Gasteiger partial charge in [-0.2, -0.15) is 10.2 Å². The van der Waals surface area contributed by atoms with Crippen LogP contribution in [0.1, 0.15) is 38.8 Å². The Hall–Kier alpha value is -3.07. The van der Waals surface area contributed by atoms with Crippen molar-refractivity contribution in [3.05, 3.63) is 41.5 Å². The van der Waals surface area contributed by atoms with Crippen molar-refractivity contribution in [2.45, 2.75) is 33.1 Å². The molecule has 0 aliphatic carbocycles. The predicted molar refractivity (Wildman–Crippen MR) is 92.9 cm³/mol. The number of benzene rings is 1. The van der Waals surface area contributed by atoms with Gasteiger partial charge in [-0.15, -0.1) is 0 Å². The SMILES string of the molecule is CC(=O)Nc1cc(N)c(C#N)c(Oc2ccc(C(C)(C)C)cc2)n1. The molecule has 6 heteroatoms. The summed E-state index contributed by atoms with van der Waals surface area (Å²) in [5.74, 6) is 0.545. The van der Waals surface area contributed by atoms with Crippen molar-refractivity contribution in [2.75, 3.05) is 11.1 Å². The third-order valence-corrected chi connectivity index (χ3v) is 3.37. The highest BCUT2D eigenvalue weighted by atomic mass is 16.5. The van der Waals surface area contributed by atoms with Crippen LogP contribution in [0.2, 0.25) is 0 Å². The Morgan fingerprint density at radius 1 is 1.29 bits per heavy atom. The van der Waals surface area contributed by atoms with Crippen molar-refractivity contribution >= 4 is 17.4 Å². The van der Waals surface area contributed by atoms with Gasteiger partial charge in [0.05, 0.1) is 5.69 Å². The maximum absolute atomic E-state index is 11.2. The number of nitrogens with two attached hydrogens (primary N) is 1. The second-order valence-electron chi connectivity index (χ2n) is 6.45. The summed E-state index contributed by atoms with van der Waals surface area (Å²) in [5.41, 5.74) is 7.36. The molecular formula is C18H20N4O2. The van der Waals surface area contributed by atoms with Crippen molar-refractivity contribution in [1.29, 1.82) is 5.26 Å². The number of amides is 1. The number of nitrogen functional groups attached to an aromatic ring is 1. The molecule has 2 aromatic rings. The van der Waals surface area contributed by atoms with Gasteiger partial charge in [-0.05, 0) is 23.1 Å². The normalized spacial score (nSPS) is 10.8. The van der Waals surface area contributed by atoms with E-state index in [1.165, 1.54) is 13.0 Å². The number of carbonyl (C=O) groups excluding carboxylic acids is 1. The highest BCUT2D eigenvalue weighted by Gasteiger charge is 2.16. The molecule has 0 fully saturated rings. The van der Waals surface area contributed by atoms with Crippen LogP contribution in [0.15, 0.2) is 30.3 Å². The van der Waals surface area contributed by atoms with Crippen LogP contribution < -0.4 is 15.8 Å². The zero-order valence-corrected chi connectivity index (χ0v) is 14.2. The first-order valence-electron chi connectivity index (χ1n) is 7.47. The lowest BCUT2D eigenvalue weighted by Crippen LogP contribution is -2.10. The van der Waals surface area contributed by atoms with E-state index in [1.54, 1.807) is 0 Å². The van der Waals surface area contributed by atoms with Crippen molar-refractivity contribution in [3.63, 3.8) is 0 Å². The number of nitriles is 1. The third kappa shape index (κ3) is 4.02. The molecule has 1 heterocycles. The van der Waals surface area contributed by atoms with Crippen LogP contribution in [0.5, 0.6) is 11.6 Å². The maximum Gasteiger partial charge on any atom is 0.241 e. The Morgan fingerprint density at radius 3 is 2.42 bits per heavy atom. The first-order chi connectivity index (χ1) is 11.2. The minimum Gasteiger partial charge on any atom is -0.438 e. The smallest absolute Gasteiger partial charge is 0.241 e. The first kappa shape index (κ1) is 17.3. The van der Waals surface area contributed by atoms with Crippen LogP contribution in [0, 0.1) is 11.3 Å². The van der Waals surface area contributed by atoms with Crippen LogP contribution in [-0.2, 0) is 10.2 Å². The minimum absolute atomic E-state index is 0.0321. The van der Waals surface area contributed by atoms with Crippen LogP contribution in [0.25, 0.3) is 0 Å². The molecule has 0 aliphatic rings. The molecule has 1 amide bonds. The summed E-state index contributed by atoms with van der Waals surface area (Å²) in [6.07, 6.45) is 0. The van der Waals surface area contributed by atoms with Gasteiger partial charge in [0.25, 0.3) is 0 Å². The molecule has 1 aromatic heterocycles. The Bertz CT molecular complexity index is 799. The lowest BCUT2D eigenvalue weighted by atomic mass is 9.87. The average molecular weight is 324 g/mol. The number of nitrogens with zero attached hydrogens (tertiary/aromatic N) is 2. The van der Waals surface area contributed by atoms with E-state index in [2.05, 4.69) is 31.1 Å². The van der Waals surface area contributed by atoms with E-state index in [0.717, 1.165) is 5.56 Å². The topological polar surface area (TPSA) is 101 Å². The molecular weight excluding hydrogens is 304 g/mol. The summed E-state index contributed by atoms with van der Waals surface area (Å²) < 4.78 is 5.71. The van der Waals surface area contributed by atoms with E-state index in [-0.39, 0.29) is 34.3 Å². The average Bonchev–Trinajstić information content (AvgIpc) is 2.46. The van der Waals surface area contributed by atoms with Gasteiger partial charge in [-0.3, -0.25) is 4.79 Å². The molecule has 3 N–H and O–H groups in total. The van der Waals surface area contributed by atoms with E-state index >= 15 is 0 Å². The fourth-order valence-corrected chi connectivity index (χ4v) is 2.11. The van der Waals surface area contributed by atoms with Crippen molar-refractivity contribution in [2.24, 2.45) is 0 Å². The largest absolute Gasteiger partial charge is 0.438 e. The molecule has 0 atom stereocenters. The molecule has 0 unspecified atom stereocenters.